The fourth-order valence-electron chi connectivity index (χ4n) is 2.28. The van der Waals surface area contributed by atoms with Crippen LogP contribution in [0, 0.1) is 5.82 Å². The predicted molar refractivity (Wildman–Crippen MR) is 72.8 cm³/mol. The van der Waals surface area contributed by atoms with E-state index in [0.717, 1.165) is 0 Å². The summed E-state index contributed by atoms with van der Waals surface area (Å²) in [5, 5.41) is 0. The van der Waals surface area contributed by atoms with E-state index in [1.54, 1.807) is 30.3 Å². The van der Waals surface area contributed by atoms with Gasteiger partial charge in [-0.05, 0) is 35.9 Å². The van der Waals surface area contributed by atoms with Gasteiger partial charge in [0.1, 0.15) is 17.3 Å². The van der Waals surface area contributed by atoms with E-state index >= 15 is 0 Å². The van der Waals surface area contributed by atoms with Gasteiger partial charge in [-0.15, -0.1) is 0 Å². The largest absolute Gasteiger partial charge is 0.497 e. The van der Waals surface area contributed by atoms with Crippen LogP contribution in [0.4, 0.5) is 4.39 Å². The monoisotopic (exact) mass is 272 g/mol. The Morgan fingerprint density at radius 1 is 1.15 bits per heavy atom. The minimum atomic E-state index is -0.340. The SMILES string of the molecule is COc1ccc(F)c(-c2ccc3c(c2)OCCC3=O)c1. The average Bonchev–Trinajstić information content (AvgIpc) is 2.48. The van der Waals surface area contributed by atoms with Crippen molar-refractivity contribution in [1.82, 2.24) is 0 Å². The number of ketones is 1. The molecule has 0 radical (unpaired) electrons. The normalized spacial score (nSPS) is 13.6. The number of Topliss-reactive ketones (excluding diaryl/α,β-unsaturated/α-hetero) is 1. The molecule has 1 heterocycles. The van der Waals surface area contributed by atoms with Crippen molar-refractivity contribution in [2.24, 2.45) is 0 Å². The zero-order valence-electron chi connectivity index (χ0n) is 11.0. The van der Waals surface area contributed by atoms with E-state index in [1.165, 1.54) is 13.2 Å². The molecule has 0 aliphatic carbocycles. The first-order valence-electron chi connectivity index (χ1n) is 6.33. The zero-order valence-corrected chi connectivity index (χ0v) is 11.0. The first-order chi connectivity index (χ1) is 9.69. The minimum Gasteiger partial charge on any atom is -0.497 e. The summed E-state index contributed by atoms with van der Waals surface area (Å²) in [6.45, 7) is 0.371. The smallest absolute Gasteiger partial charge is 0.169 e. The molecule has 3 rings (SSSR count). The van der Waals surface area contributed by atoms with Crippen LogP contribution in [0.15, 0.2) is 36.4 Å². The summed E-state index contributed by atoms with van der Waals surface area (Å²) in [5.74, 6) is 0.814. The molecule has 4 heteroatoms. The van der Waals surface area contributed by atoms with Gasteiger partial charge in [0.25, 0.3) is 0 Å². The first-order valence-corrected chi connectivity index (χ1v) is 6.33. The quantitative estimate of drug-likeness (QED) is 0.839. The molecule has 0 amide bonds. The van der Waals surface area contributed by atoms with Gasteiger partial charge in [0, 0.05) is 12.0 Å². The van der Waals surface area contributed by atoms with E-state index in [-0.39, 0.29) is 11.6 Å². The van der Waals surface area contributed by atoms with Crippen LogP contribution in [0.25, 0.3) is 11.1 Å². The molecule has 3 nitrogen and oxygen atoms in total. The Kier molecular flexibility index (Phi) is 3.14. The number of halogens is 1. The summed E-state index contributed by atoms with van der Waals surface area (Å²) in [7, 11) is 1.53. The average molecular weight is 272 g/mol. The minimum absolute atomic E-state index is 0.0592. The third-order valence-electron chi connectivity index (χ3n) is 3.35. The summed E-state index contributed by atoms with van der Waals surface area (Å²) in [4.78, 5) is 11.7. The van der Waals surface area contributed by atoms with Crippen LogP contribution < -0.4 is 9.47 Å². The number of hydrogen-bond acceptors (Lipinski definition) is 3. The summed E-state index contributed by atoms with van der Waals surface area (Å²) >= 11 is 0. The third kappa shape index (κ3) is 2.13. The van der Waals surface area contributed by atoms with Gasteiger partial charge in [0.15, 0.2) is 5.78 Å². The van der Waals surface area contributed by atoms with Gasteiger partial charge in [0.2, 0.25) is 0 Å². The van der Waals surface area contributed by atoms with Gasteiger partial charge in [-0.25, -0.2) is 4.39 Å². The Bertz CT molecular complexity index is 679. The molecule has 0 N–H and O–H groups in total. The molecule has 0 saturated carbocycles. The maximum absolute atomic E-state index is 13.9. The predicted octanol–water partition coefficient (Wildman–Crippen LogP) is 3.47. The molecule has 1 aliphatic heterocycles. The lowest BCUT2D eigenvalue weighted by atomic mass is 9.98. The number of benzene rings is 2. The lowest BCUT2D eigenvalue weighted by Gasteiger charge is -2.17. The van der Waals surface area contributed by atoms with E-state index in [4.69, 9.17) is 9.47 Å². The molecule has 2 aromatic rings. The summed E-state index contributed by atoms with van der Waals surface area (Å²) < 4.78 is 24.5. The number of ether oxygens (including phenoxy) is 2. The van der Waals surface area contributed by atoms with Crippen molar-refractivity contribution in [3.63, 3.8) is 0 Å². The molecule has 0 spiro atoms. The van der Waals surface area contributed by atoms with Crippen LogP contribution in [0.3, 0.4) is 0 Å². The van der Waals surface area contributed by atoms with E-state index < -0.39 is 0 Å². The fourth-order valence-corrected chi connectivity index (χ4v) is 2.28. The van der Waals surface area contributed by atoms with Gasteiger partial charge in [-0.2, -0.15) is 0 Å². The van der Waals surface area contributed by atoms with Gasteiger partial charge in [0.05, 0.1) is 19.3 Å². The lowest BCUT2D eigenvalue weighted by Crippen LogP contribution is -2.15. The highest BCUT2D eigenvalue weighted by atomic mass is 19.1. The van der Waals surface area contributed by atoms with Crippen molar-refractivity contribution in [2.45, 2.75) is 6.42 Å². The highest BCUT2D eigenvalue weighted by molar-refractivity contribution is 6.00. The molecular formula is C16H13FO3. The highest BCUT2D eigenvalue weighted by Gasteiger charge is 2.19. The van der Waals surface area contributed by atoms with Crippen LogP contribution in [-0.2, 0) is 0 Å². The van der Waals surface area contributed by atoms with Crippen molar-refractivity contribution in [3.8, 4) is 22.6 Å². The van der Waals surface area contributed by atoms with Crippen LogP contribution in [-0.4, -0.2) is 19.5 Å². The molecule has 1 aliphatic rings. The molecular weight excluding hydrogens is 259 g/mol. The van der Waals surface area contributed by atoms with Crippen LogP contribution in [0.5, 0.6) is 11.5 Å². The molecule has 0 fully saturated rings. The van der Waals surface area contributed by atoms with Crippen molar-refractivity contribution < 1.29 is 18.7 Å². The third-order valence-corrected chi connectivity index (χ3v) is 3.35. The topological polar surface area (TPSA) is 35.5 Å². The van der Waals surface area contributed by atoms with Crippen LogP contribution in [0.1, 0.15) is 16.8 Å². The van der Waals surface area contributed by atoms with E-state index in [1.807, 2.05) is 0 Å². The molecule has 20 heavy (non-hydrogen) atoms. The number of methoxy groups -OCH3 is 1. The second-order valence-electron chi connectivity index (χ2n) is 4.58. The highest BCUT2D eigenvalue weighted by Crippen LogP contribution is 2.33. The fraction of sp³-hybridized carbons (Fsp3) is 0.188. The van der Waals surface area contributed by atoms with Crippen molar-refractivity contribution >= 4 is 5.78 Å². The van der Waals surface area contributed by atoms with Crippen LogP contribution in [0.2, 0.25) is 0 Å². The summed E-state index contributed by atoms with van der Waals surface area (Å²) in [5.41, 5.74) is 1.65. The second-order valence-corrected chi connectivity index (χ2v) is 4.58. The number of fused-ring (bicyclic) bond motifs is 1. The van der Waals surface area contributed by atoms with Gasteiger partial charge in [-0.1, -0.05) is 6.07 Å². The maximum atomic E-state index is 13.9. The lowest BCUT2D eigenvalue weighted by molar-refractivity contribution is 0.0933. The number of rotatable bonds is 2. The first kappa shape index (κ1) is 12.7. The Morgan fingerprint density at radius 3 is 2.80 bits per heavy atom. The van der Waals surface area contributed by atoms with E-state index in [2.05, 4.69) is 0 Å². The standard InChI is InChI=1S/C16H13FO3/c1-19-11-3-5-14(17)13(9-11)10-2-4-12-15(18)6-7-20-16(12)8-10/h2-5,8-9H,6-7H2,1H3. The van der Waals surface area contributed by atoms with Crippen LogP contribution >= 0.6 is 0 Å². The Labute approximate surface area is 115 Å². The Morgan fingerprint density at radius 2 is 2.00 bits per heavy atom. The molecule has 0 saturated heterocycles. The number of carbonyl (C=O) groups is 1. The van der Waals surface area contributed by atoms with Gasteiger partial charge < -0.3 is 9.47 Å². The van der Waals surface area contributed by atoms with Crippen molar-refractivity contribution in [3.05, 3.63) is 47.8 Å². The molecule has 102 valence electrons. The molecule has 0 aromatic heterocycles. The van der Waals surface area contributed by atoms with Crippen molar-refractivity contribution in [1.29, 1.82) is 0 Å². The number of carbonyl (C=O) groups excluding carboxylic acids is 1. The molecule has 0 atom stereocenters. The second kappa shape index (κ2) is 4.96. The summed E-state index contributed by atoms with van der Waals surface area (Å²) in [6.07, 6.45) is 0.389. The van der Waals surface area contributed by atoms with E-state index in [9.17, 15) is 9.18 Å². The molecule has 0 unspecified atom stereocenters. The maximum Gasteiger partial charge on any atom is 0.169 e. The molecule has 0 bridgehead atoms. The Balaban J connectivity index is 2.09. The summed E-state index contributed by atoms with van der Waals surface area (Å²) in [6, 6.07) is 9.66. The van der Waals surface area contributed by atoms with Crippen molar-refractivity contribution in [2.75, 3.05) is 13.7 Å². The van der Waals surface area contributed by atoms with E-state index in [0.29, 0.717) is 41.2 Å². The number of hydrogen-bond donors (Lipinski definition) is 0. The van der Waals surface area contributed by atoms with Gasteiger partial charge in [-0.3, -0.25) is 4.79 Å². The Hall–Kier alpha value is -2.36. The molecule has 2 aromatic carbocycles. The zero-order chi connectivity index (χ0) is 14.1. The van der Waals surface area contributed by atoms with Gasteiger partial charge >= 0.3 is 0 Å².